The molecule has 5 nitrogen and oxygen atoms in total. The number of nitrogens with zero attached hydrogens (tertiary/aromatic N) is 3. The van der Waals surface area contributed by atoms with Gasteiger partial charge in [-0.15, -0.1) is 5.10 Å². The Morgan fingerprint density at radius 3 is 2.69 bits per heavy atom. The first-order valence-corrected chi connectivity index (χ1v) is 6.06. The van der Waals surface area contributed by atoms with Gasteiger partial charge >= 0.3 is 6.01 Å². The molecule has 1 aliphatic rings. The van der Waals surface area contributed by atoms with Gasteiger partial charge in [-0.05, 0) is 19.3 Å². The summed E-state index contributed by atoms with van der Waals surface area (Å²) in [6.45, 7) is 6.93. The van der Waals surface area contributed by atoms with E-state index in [0.29, 0.717) is 24.5 Å². The van der Waals surface area contributed by atoms with Crippen LogP contribution in [0.15, 0.2) is 4.42 Å². The lowest BCUT2D eigenvalue weighted by Crippen LogP contribution is -2.29. The van der Waals surface area contributed by atoms with Gasteiger partial charge in [0.1, 0.15) is 0 Å². The molecule has 16 heavy (non-hydrogen) atoms. The topological polar surface area (TPSA) is 54.2 Å². The van der Waals surface area contributed by atoms with Crippen LogP contribution in [0.2, 0.25) is 0 Å². The fraction of sp³-hybridized carbons (Fsp3) is 0.818. The quantitative estimate of drug-likeness (QED) is 0.841. The van der Waals surface area contributed by atoms with E-state index >= 15 is 0 Å². The van der Waals surface area contributed by atoms with Gasteiger partial charge < -0.3 is 14.6 Å². The molecule has 2 heterocycles. The van der Waals surface area contributed by atoms with Crippen molar-refractivity contribution in [2.75, 3.05) is 18.0 Å². The largest absolute Gasteiger partial charge is 0.407 e. The number of rotatable bonds is 4. The number of anilines is 1. The van der Waals surface area contributed by atoms with Gasteiger partial charge in [-0.1, -0.05) is 18.9 Å². The van der Waals surface area contributed by atoms with E-state index in [1.54, 1.807) is 0 Å². The second kappa shape index (κ2) is 5.30. The molecule has 1 aliphatic heterocycles. The lowest BCUT2D eigenvalue weighted by molar-refractivity contribution is 0.435. The summed E-state index contributed by atoms with van der Waals surface area (Å²) in [5.41, 5.74) is 0. The molecular formula is C11H20N4O. The Hall–Kier alpha value is -1.10. The maximum absolute atomic E-state index is 5.61. The molecule has 0 bridgehead atoms. The van der Waals surface area contributed by atoms with Crippen LogP contribution >= 0.6 is 0 Å². The van der Waals surface area contributed by atoms with E-state index in [1.165, 1.54) is 19.3 Å². The molecular weight excluding hydrogens is 204 g/mol. The Labute approximate surface area is 96.2 Å². The highest BCUT2D eigenvalue weighted by atomic mass is 16.4. The SMILES string of the molecule is CC(C)NCc1nnc(N2CCCCC2)o1. The molecule has 1 fully saturated rings. The zero-order chi connectivity index (χ0) is 11.4. The molecule has 0 unspecified atom stereocenters. The summed E-state index contributed by atoms with van der Waals surface area (Å²) in [7, 11) is 0. The summed E-state index contributed by atoms with van der Waals surface area (Å²) < 4.78 is 5.61. The zero-order valence-electron chi connectivity index (χ0n) is 10.1. The number of aromatic nitrogens is 2. The van der Waals surface area contributed by atoms with Crippen molar-refractivity contribution >= 4 is 6.01 Å². The van der Waals surface area contributed by atoms with Crippen LogP contribution in [0.4, 0.5) is 6.01 Å². The first kappa shape index (κ1) is 11.4. The fourth-order valence-corrected chi connectivity index (χ4v) is 1.82. The summed E-state index contributed by atoms with van der Waals surface area (Å²) in [6.07, 6.45) is 3.76. The number of nitrogens with one attached hydrogen (secondary N) is 1. The minimum Gasteiger partial charge on any atom is -0.407 e. The molecule has 1 aromatic heterocycles. The molecule has 0 radical (unpaired) electrons. The van der Waals surface area contributed by atoms with E-state index < -0.39 is 0 Å². The van der Waals surface area contributed by atoms with Crippen molar-refractivity contribution < 1.29 is 4.42 Å². The summed E-state index contributed by atoms with van der Waals surface area (Å²) in [6, 6.07) is 1.12. The Kier molecular flexibility index (Phi) is 3.77. The lowest BCUT2D eigenvalue weighted by Gasteiger charge is -2.24. The van der Waals surface area contributed by atoms with Gasteiger partial charge in [-0.2, -0.15) is 0 Å². The minimum absolute atomic E-state index is 0.435. The molecule has 0 saturated carbocycles. The third-order valence-corrected chi connectivity index (χ3v) is 2.74. The summed E-state index contributed by atoms with van der Waals surface area (Å²) in [5, 5.41) is 11.4. The third-order valence-electron chi connectivity index (χ3n) is 2.74. The first-order valence-electron chi connectivity index (χ1n) is 6.06. The second-order valence-corrected chi connectivity index (χ2v) is 4.56. The van der Waals surface area contributed by atoms with E-state index in [-0.39, 0.29) is 0 Å². The van der Waals surface area contributed by atoms with Crippen molar-refractivity contribution in [1.82, 2.24) is 15.5 Å². The molecule has 0 spiro atoms. The maximum Gasteiger partial charge on any atom is 0.318 e. The van der Waals surface area contributed by atoms with Gasteiger partial charge in [0.15, 0.2) is 0 Å². The Morgan fingerprint density at radius 1 is 1.25 bits per heavy atom. The summed E-state index contributed by atoms with van der Waals surface area (Å²) >= 11 is 0. The van der Waals surface area contributed by atoms with Crippen molar-refractivity contribution in [3.05, 3.63) is 5.89 Å². The molecule has 0 atom stereocenters. The molecule has 1 N–H and O–H groups in total. The molecule has 5 heteroatoms. The van der Waals surface area contributed by atoms with Crippen LogP contribution in [0.3, 0.4) is 0 Å². The molecule has 90 valence electrons. The lowest BCUT2D eigenvalue weighted by atomic mass is 10.1. The van der Waals surface area contributed by atoms with Crippen LogP contribution in [-0.4, -0.2) is 29.3 Å². The van der Waals surface area contributed by atoms with Crippen LogP contribution in [0.25, 0.3) is 0 Å². The average Bonchev–Trinajstić information content (AvgIpc) is 2.76. The van der Waals surface area contributed by atoms with Gasteiger partial charge in [-0.25, -0.2) is 0 Å². The summed E-state index contributed by atoms with van der Waals surface area (Å²) in [4.78, 5) is 2.18. The Bertz CT molecular complexity index is 318. The minimum atomic E-state index is 0.435. The summed E-state index contributed by atoms with van der Waals surface area (Å²) in [5.74, 6) is 0.675. The van der Waals surface area contributed by atoms with Gasteiger partial charge in [0.25, 0.3) is 0 Å². The van der Waals surface area contributed by atoms with Crippen molar-refractivity contribution in [2.24, 2.45) is 0 Å². The van der Waals surface area contributed by atoms with Gasteiger partial charge in [-0.3, -0.25) is 0 Å². The van der Waals surface area contributed by atoms with E-state index in [9.17, 15) is 0 Å². The highest BCUT2D eigenvalue weighted by Crippen LogP contribution is 2.17. The maximum atomic E-state index is 5.61. The smallest absolute Gasteiger partial charge is 0.318 e. The standard InChI is InChI=1S/C11H20N4O/c1-9(2)12-8-10-13-14-11(16-10)15-6-4-3-5-7-15/h9,12H,3-8H2,1-2H3. The average molecular weight is 224 g/mol. The van der Waals surface area contributed by atoms with Crippen molar-refractivity contribution in [3.63, 3.8) is 0 Å². The van der Waals surface area contributed by atoms with E-state index in [4.69, 9.17) is 4.42 Å². The van der Waals surface area contributed by atoms with Crippen molar-refractivity contribution in [2.45, 2.75) is 45.7 Å². The molecule has 1 saturated heterocycles. The number of hydrogen-bond acceptors (Lipinski definition) is 5. The van der Waals surface area contributed by atoms with Gasteiger partial charge in [0.05, 0.1) is 6.54 Å². The molecule has 1 aromatic rings. The zero-order valence-corrected chi connectivity index (χ0v) is 10.1. The van der Waals surface area contributed by atoms with Gasteiger partial charge in [0.2, 0.25) is 5.89 Å². The van der Waals surface area contributed by atoms with Crippen molar-refractivity contribution in [3.8, 4) is 0 Å². The van der Waals surface area contributed by atoms with Crippen LogP contribution < -0.4 is 10.2 Å². The first-order chi connectivity index (χ1) is 7.75. The van der Waals surface area contributed by atoms with Gasteiger partial charge in [0, 0.05) is 19.1 Å². The molecule has 0 aromatic carbocycles. The highest BCUT2D eigenvalue weighted by molar-refractivity contribution is 5.24. The Morgan fingerprint density at radius 2 is 2.00 bits per heavy atom. The number of piperidine rings is 1. The van der Waals surface area contributed by atoms with E-state index in [1.807, 2.05) is 0 Å². The van der Waals surface area contributed by atoms with Crippen LogP contribution in [-0.2, 0) is 6.54 Å². The second-order valence-electron chi connectivity index (χ2n) is 4.56. The predicted octanol–water partition coefficient (Wildman–Crippen LogP) is 1.56. The van der Waals surface area contributed by atoms with Crippen LogP contribution in [0, 0.1) is 0 Å². The van der Waals surface area contributed by atoms with E-state index in [2.05, 4.69) is 34.3 Å². The molecule has 2 rings (SSSR count). The van der Waals surface area contributed by atoms with Crippen LogP contribution in [0.5, 0.6) is 0 Å². The normalized spacial score (nSPS) is 17.1. The number of hydrogen-bond donors (Lipinski definition) is 1. The monoisotopic (exact) mass is 224 g/mol. The Balaban J connectivity index is 1.90. The predicted molar refractivity (Wildman–Crippen MR) is 62.3 cm³/mol. The third kappa shape index (κ3) is 2.95. The molecule has 0 aliphatic carbocycles. The fourth-order valence-electron chi connectivity index (χ4n) is 1.82. The molecule has 0 amide bonds. The van der Waals surface area contributed by atoms with E-state index in [0.717, 1.165) is 13.1 Å². The van der Waals surface area contributed by atoms with Crippen molar-refractivity contribution in [1.29, 1.82) is 0 Å². The highest BCUT2D eigenvalue weighted by Gasteiger charge is 2.16. The van der Waals surface area contributed by atoms with Crippen LogP contribution in [0.1, 0.15) is 39.0 Å².